The van der Waals surface area contributed by atoms with Gasteiger partial charge in [0.1, 0.15) is 5.82 Å². The van der Waals surface area contributed by atoms with Crippen LogP contribution in [-0.4, -0.2) is 24.0 Å². The standard InChI is InChI=1S/C19H23FN2/c1-15-13-22(14-16-7-3-2-4-8-16)12-11-18(15)21-19-10-6-5-9-17(19)20/h2-10,15,18,21H,11-14H2,1H3. The minimum Gasteiger partial charge on any atom is -0.380 e. The molecular weight excluding hydrogens is 275 g/mol. The van der Waals surface area contributed by atoms with Crippen molar-refractivity contribution >= 4 is 5.69 Å². The molecule has 2 unspecified atom stereocenters. The van der Waals surface area contributed by atoms with Crippen LogP contribution in [0.3, 0.4) is 0 Å². The number of likely N-dealkylation sites (tertiary alicyclic amines) is 1. The fourth-order valence-electron chi connectivity index (χ4n) is 3.21. The number of benzene rings is 2. The molecule has 1 fully saturated rings. The van der Waals surface area contributed by atoms with E-state index in [9.17, 15) is 4.39 Å². The third-order valence-electron chi connectivity index (χ3n) is 4.45. The van der Waals surface area contributed by atoms with E-state index < -0.39 is 0 Å². The summed E-state index contributed by atoms with van der Waals surface area (Å²) in [6.07, 6.45) is 1.04. The summed E-state index contributed by atoms with van der Waals surface area (Å²) in [5.41, 5.74) is 1.98. The van der Waals surface area contributed by atoms with Crippen LogP contribution >= 0.6 is 0 Å². The van der Waals surface area contributed by atoms with Gasteiger partial charge >= 0.3 is 0 Å². The average molecular weight is 298 g/mol. The first kappa shape index (κ1) is 15.0. The molecule has 0 aromatic heterocycles. The molecule has 116 valence electrons. The summed E-state index contributed by atoms with van der Waals surface area (Å²) in [7, 11) is 0. The average Bonchev–Trinajstić information content (AvgIpc) is 2.53. The SMILES string of the molecule is CC1CN(Cc2ccccc2)CCC1Nc1ccccc1F. The summed E-state index contributed by atoms with van der Waals surface area (Å²) < 4.78 is 13.8. The van der Waals surface area contributed by atoms with E-state index in [1.54, 1.807) is 6.07 Å². The van der Waals surface area contributed by atoms with E-state index in [4.69, 9.17) is 0 Å². The Bertz CT molecular complexity index is 599. The second kappa shape index (κ2) is 6.93. The van der Waals surface area contributed by atoms with E-state index in [1.807, 2.05) is 12.1 Å². The number of para-hydroxylation sites is 1. The minimum atomic E-state index is -0.165. The van der Waals surface area contributed by atoms with E-state index in [0.29, 0.717) is 17.6 Å². The van der Waals surface area contributed by atoms with Crippen molar-refractivity contribution in [2.75, 3.05) is 18.4 Å². The molecule has 0 spiro atoms. The Balaban J connectivity index is 1.57. The maximum absolute atomic E-state index is 13.8. The Hall–Kier alpha value is -1.87. The van der Waals surface area contributed by atoms with Gasteiger partial charge in [-0.05, 0) is 30.0 Å². The number of halogens is 1. The van der Waals surface area contributed by atoms with E-state index >= 15 is 0 Å². The molecule has 0 saturated carbocycles. The van der Waals surface area contributed by atoms with Gasteiger partial charge in [0.05, 0.1) is 5.69 Å². The molecule has 1 aliphatic rings. The first-order valence-electron chi connectivity index (χ1n) is 8.00. The zero-order valence-electron chi connectivity index (χ0n) is 13.0. The largest absolute Gasteiger partial charge is 0.380 e. The smallest absolute Gasteiger partial charge is 0.146 e. The molecule has 3 rings (SSSR count). The van der Waals surface area contributed by atoms with Gasteiger partial charge in [-0.1, -0.05) is 49.4 Å². The monoisotopic (exact) mass is 298 g/mol. The Labute approximate surface area is 132 Å². The van der Waals surface area contributed by atoms with Crippen molar-refractivity contribution in [3.8, 4) is 0 Å². The zero-order valence-corrected chi connectivity index (χ0v) is 13.0. The number of hydrogen-bond donors (Lipinski definition) is 1. The van der Waals surface area contributed by atoms with Crippen molar-refractivity contribution in [3.63, 3.8) is 0 Å². The number of rotatable bonds is 4. The topological polar surface area (TPSA) is 15.3 Å². The lowest BCUT2D eigenvalue weighted by Crippen LogP contribution is -2.44. The van der Waals surface area contributed by atoms with Crippen LogP contribution in [0.15, 0.2) is 54.6 Å². The summed E-state index contributed by atoms with van der Waals surface area (Å²) in [5, 5.41) is 3.38. The van der Waals surface area contributed by atoms with Crippen LogP contribution in [0.1, 0.15) is 18.9 Å². The Kier molecular flexibility index (Phi) is 4.74. The van der Waals surface area contributed by atoms with Gasteiger partial charge in [0.2, 0.25) is 0 Å². The summed E-state index contributed by atoms with van der Waals surface area (Å²) in [6, 6.07) is 17.8. The van der Waals surface area contributed by atoms with Gasteiger partial charge in [0.15, 0.2) is 0 Å². The highest BCUT2D eigenvalue weighted by Gasteiger charge is 2.26. The van der Waals surface area contributed by atoms with Crippen LogP contribution in [0.4, 0.5) is 10.1 Å². The van der Waals surface area contributed by atoms with Gasteiger partial charge in [-0.2, -0.15) is 0 Å². The molecule has 1 N–H and O–H groups in total. The lowest BCUT2D eigenvalue weighted by Gasteiger charge is -2.37. The van der Waals surface area contributed by atoms with E-state index in [-0.39, 0.29) is 5.82 Å². The molecule has 0 amide bonds. The van der Waals surface area contributed by atoms with Crippen molar-refractivity contribution in [2.45, 2.75) is 25.9 Å². The maximum atomic E-state index is 13.8. The van der Waals surface area contributed by atoms with Gasteiger partial charge in [0.25, 0.3) is 0 Å². The van der Waals surface area contributed by atoms with E-state index in [0.717, 1.165) is 26.1 Å². The summed E-state index contributed by atoms with van der Waals surface area (Å²) in [5.74, 6) is 0.332. The number of nitrogens with one attached hydrogen (secondary N) is 1. The van der Waals surface area contributed by atoms with Gasteiger partial charge < -0.3 is 5.32 Å². The fraction of sp³-hybridized carbons (Fsp3) is 0.368. The van der Waals surface area contributed by atoms with E-state index in [1.165, 1.54) is 11.6 Å². The third kappa shape index (κ3) is 3.66. The molecule has 1 aliphatic heterocycles. The first-order chi connectivity index (χ1) is 10.7. The van der Waals surface area contributed by atoms with Crippen LogP contribution in [0.5, 0.6) is 0 Å². The van der Waals surface area contributed by atoms with Gasteiger partial charge in [-0.25, -0.2) is 4.39 Å². The highest BCUT2D eigenvalue weighted by atomic mass is 19.1. The minimum absolute atomic E-state index is 0.165. The molecule has 3 heteroatoms. The highest BCUT2D eigenvalue weighted by Crippen LogP contribution is 2.23. The molecule has 2 aromatic carbocycles. The molecular formula is C19H23FN2. The predicted molar refractivity (Wildman–Crippen MR) is 89.3 cm³/mol. The number of piperidine rings is 1. The summed E-state index contributed by atoms with van der Waals surface area (Å²) >= 11 is 0. The maximum Gasteiger partial charge on any atom is 0.146 e. The second-order valence-corrected chi connectivity index (χ2v) is 6.22. The van der Waals surface area contributed by atoms with Crippen LogP contribution in [0.25, 0.3) is 0 Å². The third-order valence-corrected chi connectivity index (χ3v) is 4.45. The summed E-state index contributed by atoms with van der Waals surface area (Å²) in [6.45, 7) is 5.33. The Morgan fingerprint density at radius 3 is 2.55 bits per heavy atom. The fourth-order valence-corrected chi connectivity index (χ4v) is 3.21. The first-order valence-corrected chi connectivity index (χ1v) is 8.00. The van der Waals surface area contributed by atoms with Crippen molar-refractivity contribution in [1.29, 1.82) is 0 Å². The van der Waals surface area contributed by atoms with Gasteiger partial charge in [-0.3, -0.25) is 4.90 Å². The van der Waals surface area contributed by atoms with Crippen molar-refractivity contribution in [2.24, 2.45) is 5.92 Å². The Morgan fingerprint density at radius 1 is 1.09 bits per heavy atom. The number of anilines is 1. The molecule has 0 bridgehead atoms. The van der Waals surface area contributed by atoms with Crippen molar-refractivity contribution < 1.29 is 4.39 Å². The number of hydrogen-bond acceptors (Lipinski definition) is 2. The van der Waals surface area contributed by atoms with Crippen LogP contribution < -0.4 is 5.32 Å². The molecule has 1 heterocycles. The lowest BCUT2D eigenvalue weighted by molar-refractivity contribution is 0.164. The molecule has 22 heavy (non-hydrogen) atoms. The quantitative estimate of drug-likeness (QED) is 0.912. The van der Waals surface area contributed by atoms with Gasteiger partial charge in [0, 0.05) is 25.7 Å². The second-order valence-electron chi connectivity index (χ2n) is 6.22. The van der Waals surface area contributed by atoms with E-state index in [2.05, 4.69) is 47.5 Å². The predicted octanol–water partition coefficient (Wildman–Crippen LogP) is 4.15. The van der Waals surface area contributed by atoms with Crippen molar-refractivity contribution in [1.82, 2.24) is 4.90 Å². The van der Waals surface area contributed by atoms with Crippen LogP contribution in [0, 0.1) is 11.7 Å². The molecule has 1 saturated heterocycles. The van der Waals surface area contributed by atoms with Crippen LogP contribution in [-0.2, 0) is 6.54 Å². The number of nitrogens with zero attached hydrogens (tertiary/aromatic N) is 1. The Morgan fingerprint density at radius 2 is 1.82 bits per heavy atom. The highest BCUT2D eigenvalue weighted by molar-refractivity contribution is 5.45. The molecule has 2 atom stereocenters. The van der Waals surface area contributed by atoms with Crippen LogP contribution in [0.2, 0.25) is 0 Å². The van der Waals surface area contributed by atoms with Gasteiger partial charge in [-0.15, -0.1) is 0 Å². The molecule has 2 aromatic rings. The molecule has 0 aliphatic carbocycles. The zero-order chi connectivity index (χ0) is 15.4. The molecule has 0 radical (unpaired) electrons. The lowest BCUT2D eigenvalue weighted by atomic mass is 9.93. The normalized spacial score (nSPS) is 22.5. The molecule has 2 nitrogen and oxygen atoms in total. The summed E-state index contributed by atoms with van der Waals surface area (Å²) in [4.78, 5) is 2.49. The van der Waals surface area contributed by atoms with Crippen molar-refractivity contribution in [3.05, 3.63) is 66.0 Å².